The first-order chi connectivity index (χ1) is 8.65. The van der Waals surface area contributed by atoms with E-state index in [-0.39, 0.29) is 11.9 Å². The van der Waals surface area contributed by atoms with Gasteiger partial charge in [-0.25, -0.2) is 4.39 Å². The number of phenols is 1. The van der Waals surface area contributed by atoms with E-state index < -0.39 is 5.82 Å². The van der Waals surface area contributed by atoms with Gasteiger partial charge in [0.1, 0.15) is 0 Å². The fourth-order valence-electron chi connectivity index (χ4n) is 2.53. The molecule has 2 unspecified atom stereocenters. The quantitative estimate of drug-likeness (QED) is 0.771. The molecule has 0 aliphatic heterocycles. The smallest absolute Gasteiger partial charge is 0.165 e. The minimum atomic E-state index is -0.581. The van der Waals surface area contributed by atoms with E-state index >= 15 is 0 Å². The summed E-state index contributed by atoms with van der Waals surface area (Å²) >= 11 is 0. The van der Waals surface area contributed by atoms with Gasteiger partial charge in [0.25, 0.3) is 0 Å². The number of aromatic hydroxyl groups is 1. The van der Waals surface area contributed by atoms with Gasteiger partial charge in [0.2, 0.25) is 0 Å². The average molecular weight is 253 g/mol. The second kappa shape index (κ2) is 6.16. The fraction of sp³-hybridized carbons (Fsp3) is 0.571. The molecule has 100 valence electrons. The van der Waals surface area contributed by atoms with Crippen LogP contribution in [0.5, 0.6) is 5.75 Å². The van der Waals surface area contributed by atoms with Crippen LogP contribution in [0, 0.1) is 11.7 Å². The van der Waals surface area contributed by atoms with E-state index in [4.69, 9.17) is 5.11 Å². The van der Waals surface area contributed by atoms with Gasteiger partial charge in [0.05, 0.1) is 6.10 Å². The second-order valence-electron chi connectivity index (χ2n) is 5.10. The number of phenolic OH excluding ortho intramolecular Hbond substituents is 1. The number of hydrogen-bond donors (Lipinski definition) is 3. The number of hydrogen-bond acceptors (Lipinski definition) is 3. The van der Waals surface area contributed by atoms with Gasteiger partial charge in [-0.2, -0.15) is 0 Å². The molecule has 2 atom stereocenters. The molecular weight excluding hydrogens is 233 g/mol. The van der Waals surface area contributed by atoms with Gasteiger partial charge >= 0.3 is 0 Å². The van der Waals surface area contributed by atoms with Crippen molar-refractivity contribution in [2.45, 2.75) is 38.3 Å². The van der Waals surface area contributed by atoms with E-state index in [2.05, 4.69) is 5.32 Å². The Hall–Kier alpha value is -1.13. The lowest BCUT2D eigenvalue weighted by Crippen LogP contribution is -2.28. The maximum atomic E-state index is 13.1. The largest absolute Gasteiger partial charge is 0.505 e. The molecule has 4 heteroatoms. The lowest BCUT2D eigenvalue weighted by atomic mass is 9.87. The Kier molecular flexibility index (Phi) is 4.55. The highest BCUT2D eigenvalue weighted by molar-refractivity contribution is 5.27. The van der Waals surface area contributed by atoms with Crippen LogP contribution in [0.3, 0.4) is 0 Å². The van der Waals surface area contributed by atoms with Gasteiger partial charge in [0.15, 0.2) is 11.6 Å². The summed E-state index contributed by atoms with van der Waals surface area (Å²) < 4.78 is 13.1. The number of halogens is 1. The van der Waals surface area contributed by atoms with Crippen molar-refractivity contribution in [3.8, 4) is 5.75 Å². The predicted octanol–water partition coefficient (Wildman–Crippen LogP) is 2.17. The summed E-state index contributed by atoms with van der Waals surface area (Å²) in [5, 5.41) is 21.9. The first kappa shape index (κ1) is 13.3. The maximum Gasteiger partial charge on any atom is 0.165 e. The Bertz CT molecular complexity index is 397. The number of nitrogens with one attached hydrogen (secondary N) is 1. The first-order valence-corrected chi connectivity index (χ1v) is 6.51. The molecule has 1 fully saturated rings. The molecule has 3 N–H and O–H groups in total. The standard InChI is InChI=1S/C14H20FNO2/c15-13-7-11(4-5-14(13)18)9-16-8-10-2-1-3-12(17)6-10/h4-5,7,10,12,16-18H,1-3,6,8-9H2. The molecular formula is C14H20FNO2. The van der Waals surface area contributed by atoms with Crippen molar-refractivity contribution in [3.63, 3.8) is 0 Å². The number of aliphatic hydroxyl groups excluding tert-OH is 1. The van der Waals surface area contributed by atoms with Crippen LogP contribution < -0.4 is 5.32 Å². The predicted molar refractivity (Wildman–Crippen MR) is 67.7 cm³/mol. The Labute approximate surface area is 107 Å². The zero-order chi connectivity index (χ0) is 13.0. The molecule has 0 amide bonds. The summed E-state index contributed by atoms with van der Waals surface area (Å²) in [7, 11) is 0. The van der Waals surface area contributed by atoms with Crippen LogP contribution in [-0.2, 0) is 6.54 Å². The third-order valence-corrected chi connectivity index (χ3v) is 3.53. The van der Waals surface area contributed by atoms with E-state index in [1.54, 1.807) is 6.07 Å². The Morgan fingerprint density at radius 3 is 2.89 bits per heavy atom. The Morgan fingerprint density at radius 2 is 2.17 bits per heavy atom. The molecule has 0 aromatic heterocycles. The monoisotopic (exact) mass is 253 g/mol. The van der Waals surface area contributed by atoms with Gasteiger partial charge < -0.3 is 15.5 Å². The van der Waals surface area contributed by atoms with Gasteiger partial charge in [0, 0.05) is 6.54 Å². The molecule has 1 aliphatic rings. The van der Waals surface area contributed by atoms with Gasteiger partial charge in [-0.1, -0.05) is 12.5 Å². The minimum Gasteiger partial charge on any atom is -0.505 e. The average Bonchev–Trinajstić information content (AvgIpc) is 2.34. The number of benzene rings is 1. The maximum absolute atomic E-state index is 13.1. The molecule has 0 radical (unpaired) electrons. The molecule has 0 heterocycles. The van der Waals surface area contributed by atoms with Gasteiger partial charge in [-0.05, 0) is 49.4 Å². The van der Waals surface area contributed by atoms with Crippen molar-refractivity contribution in [1.82, 2.24) is 5.32 Å². The molecule has 0 bridgehead atoms. The topological polar surface area (TPSA) is 52.5 Å². The summed E-state index contributed by atoms with van der Waals surface area (Å²) in [5.74, 6) is -0.382. The highest BCUT2D eigenvalue weighted by Gasteiger charge is 2.19. The lowest BCUT2D eigenvalue weighted by Gasteiger charge is -2.26. The van der Waals surface area contributed by atoms with Crippen LogP contribution in [0.4, 0.5) is 4.39 Å². The Morgan fingerprint density at radius 1 is 1.33 bits per heavy atom. The highest BCUT2D eigenvalue weighted by atomic mass is 19.1. The van der Waals surface area contributed by atoms with E-state index in [9.17, 15) is 9.50 Å². The zero-order valence-corrected chi connectivity index (χ0v) is 10.4. The van der Waals surface area contributed by atoms with Gasteiger partial charge in [-0.3, -0.25) is 0 Å². The molecule has 1 aromatic rings. The summed E-state index contributed by atoms with van der Waals surface area (Å²) in [6.45, 7) is 1.43. The van der Waals surface area contributed by atoms with Crippen LogP contribution in [0.15, 0.2) is 18.2 Å². The van der Waals surface area contributed by atoms with Crippen molar-refractivity contribution in [2.24, 2.45) is 5.92 Å². The van der Waals surface area contributed by atoms with Crippen LogP contribution in [-0.4, -0.2) is 22.9 Å². The second-order valence-corrected chi connectivity index (χ2v) is 5.10. The van der Waals surface area contributed by atoms with Gasteiger partial charge in [-0.15, -0.1) is 0 Å². The summed E-state index contributed by atoms with van der Waals surface area (Å²) in [4.78, 5) is 0. The number of aliphatic hydroxyl groups is 1. The Balaban J connectivity index is 1.76. The first-order valence-electron chi connectivity index (χ1n) is 6.51. The van der Waals surface area contributed by atoms with E-state index in [0.717, 1.165) is 37.8 Å². The highest BCUT2D eigenvalue weighted by Crippen LogP contribution is 2.23. The van der Waals surface area contributed by atoms with Crippen LogP contribution >= 0.6 is 0 Å². The van der Waals surface area contributed by atoms with Crippen LogP contribution in [0.1, 0.15) is 31.2 Å². The molecule has 1 aromatic carbocycles. The third kappa shape index (κ3) is 3.68. The molecule has 0 saturated heterocycles. The van der Waals surface area contributed by atoms with Crippen molar-refractivity contribution < 1.29 is 14.6 Å². The van der Waals surface area contributed by atoms with Crippen molar-refractivity contribution in [2.75, 3.05) is 6.54 Å². The van der Waals surface area contributed by atoms with E-state index in [0.29, 0.717) is 12.5 Å². The van der Waals surface area contributed by atoms with Crippen LogP contribution in [0.25, 0.3) is 0 Å². The number of rotatable bonds is 4. The summed E-state index contributed by atoms with van der Waals surface area (Å²) in [6.07, 6.45) is 3.85. The van der Waals surface area contributed by atoms with Crippen LogP contribution in [0.2, 0.25) is 0 Å². The molecule has 1 saturated carbocycles. The molecule has 18 heavy (non-hydrogen) atoms. The molecule has 0 spiro atoms. The summed E-state index contributed by atoms with van der Waals surface area (Å²) in [5.41, 5.74) is 0.821. The summed E-state index contributed by atoms with van der Waals surface area (Å²) in [6, 6.07) is 4.43. The van der Waals surface area contributed by atoms with E-state index in [1.807, 2.05) is 0 Å². The van der Waals surface area contributed by atoms with Crippen molar-refractivity contribution in [1.29, 1.82) is 0 Å². The zero-order valence-electron chi connectivity index (χ0n) is 10.4. The van der Waals surface area contributed by atoms with Crippen molar-refractivity contribution in [3.05, 3.63) is 29.6 Å². The third-order valence-electron chi connectivity index (χ3n) is 3.53. The van der Waals surface area contributed by atoms with E-state index in [1.165, 1.54) is 12.1 Å². The minimum absolute atomic E-state index is 0.156. The normalized spacial score (nSPS) is 24.1. The van der Waals surface area contributed by atoms with Crippen molar-refractivity contribution >= 4 is 0 Å². The molecule has 2 rings (SSSR count). The lowest BCUT2D eigenvalue weighted by molar-refractivity contribution is 0.101. The SMILES string of the molecule is Oc1ccc(CNCC2CCCC(O)C2)cc1F. The molecule has 1 aliphatic carbocycles. The molecule has 3 nitrogen and oxygen atoms in total. The fourth-order valence-corrected chi connectivity index (χ4v) is 2.53.